The summed E-state index contributed by atoms with van der Waals surface area (Å²) in [5.41, 5.74) is 5.23. The van der Waals surface area contributed by atoms with Crippen LogP contribution in [0.25, 0.3) is 12.2 Å². The Kier molecular flexibility index (Phi) is 7.12. The van der Waals surface area contributed by atoms with Crippen molar-refractivity contribution in [3.63, 3.8) is 0 Å². The first-order chi connectivity index (χ1) is 12.8. The number of allylic oxidation sites excluding steroid dienone is 2. The Morgan fingerprint density at radius 1 is 0.667 bits per heavy atom. The number of nitrogens with one attached hydrogen (secondary N) is 2. The smallest absolute Gasteiger partial charge is 0.0373 e. The van der Waals surface area contributed by atoms with Crippen LogP contribution in [0.4, 0.5) is 11.4 Å². The molecule has 0 bridgehead atoms. The number of hydrogen-bond donors (Lipinski definition) is 2. The molecule has 0 aliphatic rings. The molecular weight excluding hydrogens is 332 g/mol. The standard InChI is InChI=1S/C23H28N4/c1-26(2)22-13-7-18(8-14-22)5-11-20(24)17-21(25)12-6-19-9-15-23(16-10-19)27(3)4/h5-16,24-25H,17H2,1-4H3. The highest BCUT2D eigenvalue weighted by molar-refractivity contribution is 6.13. The van der Waals surface area contributed by atoms with Gasteiger partial charge in [0, 0.05) is 57.4 Å². The first-order valence-corrected chi connectivity index (χ1v) is 8.91. The van der Waals surface area contributed by atoms with E-state index in [0.717, 1.165) is 22.5 Å². The molecule has 2 rings (SSSR count). The second-order valence-electron chi connectivity index (χ2n) is 6.87. The molecule has 0 radical (unpaired) electrons. The zero-order chi connectivity index (χ0) is 19.8. The summed E-state index contributed by atoms with van der Waals surface area (Å²) in [6.07, 6.45) is 7.67. The Bertz CT molecular complexity index is 754. The molecule has 0 amide bonds. The Morgan fingerprint density at radius 3 is 1.30 bits per heavy atom. The minimum atomic E-state index is 0.318. The van der Waals surface area contributed by atoms with Gasteiger partial charge in [0.05, 0.1) is 0 Å². The highest BCUT2D eigenvalue weighted by atomic mass is 15.1. The fourth-order valence-corrected chi connectivity index (χ4v) is 2.48. The number of hydrogen-bond acceptors (Lipinski definition) is 4. The van der Waals surface area contributed by atoms with E-state index in [1.807, 2.05) is 64.6 Å². The molecule has 0 aliphatic carbocycles. The topological polar surface area (TPSA) is 54.2 Å². The lowest BCUT2D eigenvalue weighted by Crippen LogP contribution is -2.07. The van der Waals surface area contributed by atoms with Crippen LogP contribution in [0.5, 0.6) is 0 Å². The van der Waals surface area contributed by atoms with Crippen molar-refractivity contribution in [2.45, 2.75) is 6.42 Å². The molecule has 0 heterocycles. The van der Waals surface area contributed by atoms with Gasteiger partial charge in [0.25, 0.3) is 0 Å². The highest BCUT2D eigenvalue weighted by Crippen LogP contribution is 2.14. The molecule has 0 atom stereocenters. The molecule has 0 aliphatic heterocycles. The summed E-state index contributed by atoms with van der Waals surface area (Å²) in [5.74, 6) is 0. The Morgan fingerprint density at radius 2 is 1.00 bits per heavy atom. The number of rotatable bonds is 8. The molecule has 2 aromatic carbocycles. The molecule has 0 saturated carbocycles. The van der Waals surface area contributed by atoms with E-state index >= 15 is 0 Å². The van der Waals surface area contributed by atoms with Gasteiger partial charge in [0.15, 0.2) is 0 Å². The predicted octanol–water partition coefficient (Wildman–Crippen LogP) is 4.97. The molecule has 0 aromatic heterocycles. The maximum Gasteiger partial charge on any atom is 0.0373 e. The van der Waals surface area contributed by atoms with Gasteiger partial charge in [-0.25, -0.2) is 0 Å². The van der Waals surface area contributed by atoms with Gasteiger partial charge in [-0.15, -0.1) is 0 Å². The van der Waals surface area contributed by atoms with E-state index in [1.54, 1.807) is 12.2 Å². The highest BCUT2D eigenvalue weighted by Gasteiger charge is 1.99. The third kappa shape index (κ3) is 6.59. The lowest BCUT2D eigenvalue weighted by molar-refractivity contribution is 1.13. The lowest BCUT2D eigenvalue weighted by Gasteiger charge is -2.11. The minimum Gasteiger partial charge on any atom is -0.378 e. The molecular formula is C23H28N4. The van der Waals surface area contributed by atoms with Crippen molar-refractivity contribution in [3.8, 4) is 0 Å². The van der Waals surface area contributed by atoms with Crippen molar-refractivity contribution < 1.29 is 0 Å². The summed E-state index contributed by atoms with van der Waals surface area (Å²) < 4.78 is 0. The van der Waals surface area contributed by atoms with E-state index in [-0.39, 0.29) is 0 Å². The first kappa shape index (κ1) is 20.2. The SMILES string of the molecule is CN(C)c1ccc(C=CC(=N)CC(=N)C=Cc2ccc(N(C)C)cc2)cc1. The van der Waals surface area contributed by atoms with Gasteiger partial charge in [0.1, 0.15) is 0 Å². The van der Waals surface area contributed by atoms with Crippen LogP contribution >= 0.6 is 0 Å². The predicted molar refractivity (Wildman–Crippen MR) is 120 cm³/mol. The van der Waals surface area contributed by atoms with E-state index in [0.29, 0.717) is 17.8 Å². The van der Waals surface area contributed by atoms with Gasteiger partial charge >= 0.3 is 0 Å². The van der Waals surface area contributed by atoms with Crippen LogP contribution in [0.2, 0.25) is 0 Å². The molecule has 27 heavy (non-hydrogen) atoms. The molecule has 0 spiro atoms. The molecule has 4 heteroatoms. The quantitative estimate of drug-likeness (QED) is 0.653. The average molecular weight is 361 g/mol. The monoisotopic (exact) mass is 360 g/mol. The summed E-state index contributed by atoms with van der Waals surface area (Å²) >= 11 is 0. The van der Waals surface area contributed by atoms with Crippen LogP contribution in [0.1, 0.15) is 17.5 Å². The van der Waals surface area contributed by atoms with Crippen LogP contribution in [-0.2, 0) is 0 Å². The van der Waals surface area contributed by atoms with Crippen molar-refractivity contribution in [1.82, 2.24) is 0 Å². The summed E-state index contributed by atoms with van der Waals surface area (Å²) in [6.45, 7) is 0. The Hall–Kier alpha value is -3.14. The van der Waals surface area contributed by atoms with Gasteiger partial charge in [-0.05, 0) is 47.5 Å². The van der Waals surface area contributed by atoms with Gasteiger partial charge in [-0.1, -0.05) is 36.4 Å². The van der Waals surface area contributed by atoms with Crippen molar-refractivity contribution in [2.75, 3.05) is 38.0 Å². The summed E-state index contributed by atoms with van der Waals surface area (Å²) in [6, 6.07) is 16.3. The molecule has 4 nitrogen and oxygen atoms in total. The molecule has 2 aromatic rings. The largest absolute Gasteiger partial charge is 0.378 e. The van der Waals surface area contributed by atoms with Crippen molar-refractivity contribution in [1.29, 1.82) is 10.8 Å². The van der Waals surface area contributed by atoms with Crippen molar-refractivity contribution in [2.24, 2.45) is 0 Å². The van der Waals surface area contributed by atoms with Gasteiger partial charge < -0.3 is 20.6 Å². The Balaban J connectivity index is 1.88. The Labute approximate surface area is 162 Å². The fraction of sp³-hybridized carbons (Fsp3) is 0.217. The molecule has 0 fully saturated rings. The van der Waals surface area contributed by atoms with E-state index in [2.05, 4.69) is 34.1 Å². The third-order valence-corrected chi connectivity index (χ3v) is 4.15. The molecule has 140 valence electrons. The van der Waals surface area contributed by atoms with Gasteiger partial charge in [0.2, 0.25) is 0 Å². The number of nitrogens with zero attached hydrogens (tertiary/aromatic N) is 2. The number of anilines is 2. The fourth-order valence-electron chi connectivity index (χ4n) is 2.48. The molecule has 2 N–H and O–H groups in total. The van der Waals surface area contributed by atoms with Crippen molar-refractivity contribution >= 4 is 35.0 Å². The summed E-state index contributed by atoms with van der Waals surface area (Å²) in [7, 11) is 8.04. The maximum atomic E-state index is 8.06. The first-order valence-electron chi connectivity index (χ1n) is 8.91. The minimum absolute atomic E-state index is 0.318. The molecule has 0 saturated heterocycles. The average Bonchev–Trinajstić information content (AvgIpc) is 2.65. The summed E-state index contributed by atoms with van der Waals surface area (Å²) in [5, 5.41) is 16.1. The second kappa shape index (κ2) is 9.53. The van der Waals surface area contributed by atoms with E-state index < -0.39 is 0 Å². The zero-order valence-corrected chi connectivity index (χ0v) is 16.5. The summed E-state index contributed by atoms with van der Waals surface area (Å²) in [4.78, 5) is 4.11. The van der Waals surface area contributed by atoms with Gasteiger partial charge in [-0.2, -0.15) is 0 Å². The van der Waals surface area contributed by atoms with E-state index in [4.69, 9.17) is 10.8 Å². The van der Waals surface area contributed by atoms with Crippen molar-refractivity contribution in [3.05, 3.63) is 71.8 Å². The normalized spacial score (nSPS) is 11.1. The molecule has 0 unspecified atom stereocenters. The van der Waals surface area contributed by atoms with Crippen LogP contribution < -0.4 is 9.80 Å². The van der Waals surface area contributed by atoms with Crippen LogP contribution in [0, 0.1) is 10.8 Å². The third-order valence-electron chi connectivity index (χ3n) is 4.15. The maximum absolute atomic E-state index is 8.06. The zero-order valence-electron chi connectivity index (χ0n) is 16.5. The van der Waals surface area contributed by atoms with Crippen LogP contribution in [-0.4, -0.2) is 39.6 Å². The lowest BCUT2D eigenvalue weighted by atomic mass is 10.1. The van der Waals surface area contributed by atoms with Gasteiger partial charge in [-0.3, -0.25) is 0 Å². The van der Waals surface area contributed by atoms with Crippen LogP contribution in [0.3, 0.4) is 0 Å². The van der Waals surface area contributed by atoms with E-state index in [1.165, 1.54) is 0 Å². The second-order valence-corrected chi connectivity index (χ2v) is 6.87. The van der Waals surface area contributed by atoms with E-state index in [9.17, 15) is 0 Å². The van der Waals surface area contributed by atoms with Crippen LogP contribution in [0.15, 0.2) is 60.7 Å². The number of benzene rings is 2.